The fourth-order valence-corrected chi connectivity index (χ4v) is 2.88. The number of hydrogen-bond acceptors (Lipinski definition) is 8. The topological polar surface area (TPSA) is 176 Å². The lowest BCUT2D eigenvalue weighted by Gasteiger charge is -2.18. The molecule has 0 spiro atoms. The minimum atomic E-state index is -5.29. The van der Waals surface area contributed by atoms with Crippen LogP contribution in [0.4, 0.5) is 19.0 Å². The number of benzene rings is 1. The third kappa shape index (κ3) is 8.18. The summed E-state index contributed by atoms with van der Waals surface area (Å²) in [6, 6.07) is 9.23. The fourth-order valence-electron chi connectivity index (χ4n) is 2.88. The number of rotatable bonds is 11. The summed E-state index contributed by atoms with van der Waals surface area (Å²) in [6.45, 7) is 2.50. The van der Waals surface area contributed by atoms with Crippen molar-refractivity contribution in [3.8, 4) is 5.88 Å². The van der Waals surface area contributed by atoms with Gasteiger partial charge in [-0.1, -0.05) is 37.3 Å². The number of carbonyl (C=O) groups excluding carboxylic acids is 2. The van der Waals surface area contributed by atoms with E-state index in [4.69, 9.17) is 16.3 Å². The van der Waals surface area contributed by atoms with Gasteiger partial charge >= 0.3 is 12.1 Å². The molecule has 6 N–H and O–H groups in total. The second kappa shape index (κ2) is 12.4. The molecule has 0 saturated carbocycles. The zero-order valence-corrected chi connectivity index (χ0v) is 19.5. The van der Waals surface area contributed by atoms with Gasteiger partial charge in [0.05, 0.1) is 12.2 Å². The normalized spacial score (nSPS) is 11.8. The number of carbonyl (C=O) groups is 2. The highest BCUT2D eigenvalue weighted by Gasteiger charge is 2.42. The molecule has 0 saturated heterocycles. The molecule has 1 heterocycles. The Morgan fingerprint density at radius 3 is 2.50 bits per heavy atom. The number of guanidine groups is 1. The maximum Gasteiger partial charge on any atom is 0.491 e. The molecule has 196 valence electrons. The van der Waals surface area contributed by atoms with Crippen molar-refractivity contribution in [2.24, 2.45) is 16.6 Å². The number of nitrogens with zero attached hydrogens (tertiary/aromatic N) is 3. The second-order valence-corrected chi connectivity index (χ2v) is 7.52. The monoisotopic (exact) mass is 513 g/mol. The molecule has 36 heavy (non-hydrogen) atoms. The Balaban J connectivity index is 2.26. The van der Waals surface area contributed by atoms with Gasteiger partial charge in [0.1, 0.15) is 13.2 Å². The second-order valence-electron chi connectivity index (χ2n) is 7.52. The summed E-state index contributed by atoms with van der Waals surface area (Å²) in [5, 5.41) is 8.47. The third-order valence-corrected chi connectivity index (χ3v) is 4.73. The third-order valence-electron chi connectivity index (χ3n) is 4.73. The predicted molar refractivity (Wildman–Crippen MR) is 123 cm³/mol. The van der Waals surface area contributed by atoms with E-state index in [1.165, 1.54) is 6.92 Å². The molecule has 2 rings (SSSR count). The first-order chi connectivity index (χ1) is 16.9. The molecule has 1 aromatic carbocycles. The molecular formula is C21H26F3N7O5. The van der Waals surface area contributed by atoms with Crippen LogP contribution >= 0.6 is 0 Å². The van der Waals surface area contributed by atoms with Crippen molar-refractivity contribution in [1.29, 1.82) is 0 Å². The molecule has 0 aliphatic carbocycles. The van der Waals surface area contributed by atoms with E-state index in [0.29, 0.717) is 0 Å². The van der Waals surface area contributed by atoms with Crippen molar-refractivity contribution in [2.75, 3.05) is 25.0 Å². The molecule has 0 aliphatic heterocycles. The van der Waals surface area contributed by atoms with Gasteiger partial charge in [0.25, 0.3) is 5.56 Å². The van der Waals surface area contributed by atoms with Crippen LogP contribution in [0.2, 0.25) is 0 Å². The minimum absolute atomic E-state index is 0.0376. The standard InChI is InChI=1S/C21H26F3N7O5/c1-12(14-6-4-3-5-7-14)10-28-16-18(33)31(11-15(32)27-8-9-35-30-20(25)26)13(2)17(29-16)36-19(34)21(22,23)24/h3-7,12H,8-11H2,1-2H3,(H,27,32)(H,28,29)(H4,25,26,30). The van der Waals surface area contributed by atoms with Crippen molar-refractivity contribution in [3.05, 3.63) is 51.9 Å². The lowest BCUT2D eigenvalue weighted by atomic mass is 10.0. The van der Waals surface area contributed by atoms with Gasteiger partial charge in [-0.2, -0.15) is 18.2 Å². The van der Waals surface area contributed by atoms with Gasteiger partial charge in [-0.05, 0) is 23.6 Å². The number of oxime groups is 1. The van der Waals surface area contributed by atoms with Crippen molar-refractivity contribution in [3.63, 3.8) is 0 Å². The van der Waals surface area contributed by atoms with Crippen molar-refractivity contribution < 1.29 is 32.3 Å². The lowest BCUT2D eigenvalue weighted by molar-refractivity contribution is -0.190. The average molecular weight is 513 g/mol. The van der Waals surface area contributed by atoms with Crippen LogP contribution < -0.4 is 32.4 Å². The maximum atomic E-state index is 13.0. The van der Waals surface area contributed by atoms with E-state index >= 15 is 0 Å². The summed E-state index contributed by atoms with van der Waals surface area (Å²) in [7, 11) is 0. The summed E-state index contributed by atoms with van der Waals surface area (Å²) in [6.07, 6.45) is -5.29. The summed E-state index contributed by atoms with van der Waals surface area (Å²) >= 11 is 0. The molecular weight excluding hydrogens is 487 g/mol. The van der Waals surface area contributed by atoms with Gasteiger partial charge in [0, 0.05) is 6.54 Å². The van der Waals surface area contributed by atoms with E-state index < -0.39 is 41.9 Å². The van der Waals surface area contributed by atoms with Crippen LogP contribution in [0, 0.1) is 6.92 Å². The zero-order chi connectivity index (χ0) is 26.9. The quantitative estimate of drug-likeness (QED) is 0.110. The molecule has 2 aromatic rings. The Hall–Kier alpha value is -4.30. The molecule has 0 radical (unpaired) electrons. The summed E-state index contributed by atoms with van der Waals surface area (Å²) < 4.78 is 43.5. The average Bonchev–Trinajstić information content (AvgIpc) is 2.82. The summed E-state index contributed by atoms with van der Waals surface area (Å²) in [5.74, 6) is -4.79. The molecule has 15 heteroatoms. The van der Waals surface area contributed by atoms with E-state index in [-0.39, 0.29) is 37.3 Å². The Labute approximate surface area is 203 Å². The largest absolute Gasteiger partial charge is 0.491 e. The molecule has 1 amide bonds. The number of nitrogens with two attached hydrogens (primary N) is 2. The SMILES string of the molecule is Cc1c(OC(=O)C(F)(F)F)nc(NCC(C)c2ccccc2)c(=O)n1CC(=O)NCCON=C(N)N. The highest BCUT2D eigenvalue weighted by atomic mass is 19.4. The first-order valence-electron chi connectivity index (χ1n) is 10.6. The van der Waals surface area contributed by atoms with Gasteiger partial charge in [-0.25, -0.2) is 4.79 Å². The Kier molecular flexibility index (Phi) is 9.64. The van der Waals surface area contributed by atoms with Crippen LogP contribution in [0.1, 0.15) is 24.1 Å². The van der Waals surface area contributed by atoms with Crippen LogP contribution in [-0.4, -0.2) is 53.3 Å². The van der Waals surface area contributed by atoms with Crippen LogP contribution in [0.3, 0.4) is 0 Å². The first-order valence-corrected chi connectivity index (χ1v) is 10.6. The molecule has 1 aromatic heterocycles. The Bertz CT molecular complexity index is 1150. The number of hydrogen-bond donors (Lipinski definition) is 4. The number of alkyl halides is 3. The highest BCUT2D eigenvalue weighted by Crippen LogP contribution is 2.22. The molecule has 0 fully saturated rings. The van der Waals surface area contributed by atoms with Crippen LogP contribution in [-0.2, 0) is 21.0 Å². The fraction of sp³-hybridized carbons (Fsp3) is 0.381. The number of amides is 1. The number of halogens is 3. The molecule has 0 bridgehead atoms. The van der Waals surface area contributed by atoms with Crippen LogP contribution in [0.15, 0.2) is 40.3 Å². The van der Waals surface area contributed by atoms with E-state index in [2.05, 4.69) is 25.5 Å². The smallest absolute Gasteiger partial charge is 0.399 e. The minimum Gasteiger partial charge on any atom is -0.399 e. The van der Waals surface area contributed by atoms with E-state index in [9.17, 15) is 27.6 Å². The van der Waals surface area contributed by atoms with Gasteiger partial charge in [0.15, 0.2) is 5.82 Å². The van der Waals surface area contributed by atoms with Crippen LogP contribution in [0.25, 0.3) is 0 Å². The van der Waals surface area contributed by atoms with Crippen molar-refractivity contribution in [2.45, 2.75) is 32.5 Å². The molecule has 1 atom stereocenters. The Morgan fingerprint density at radius 1 is 1.22 bits per heavy atom. The van der Waals surface area contributed by atoms with Crippen molar-refractivity contribution >= 4 is 23.7 Å². The van der Waals surface area contributed by atoms with Crippen molar-refractivity contribution in [1.82, 2.24) is 14.9 Å². The molecule has 1 unspecified atom stereocenters. The Morgan fingerprint density at radius 2 is 1.89 bits per heavy atom. The zero-order valence-electron chi connectivity index (χ0n) is 19.5. The highest BCUT2D eigenvalue weighted by molar-refractivity contribution is 5.78. The molecule has 12 nitrogen and oxygen atoms in total. The van der Waals surface area contributed by atoms with E-state index in [0.717, 1.165) is 10.1 Å². The van der Waals surface area contributed by atoms with Gasteiger partial charge < -0.3 is 31.7 Å². The number of esters is 1. The van der Waals surface area contributed by atoms with E-state index in [1.807, 2.05) is 37.3 Å². The summed E-state index contributed by atoms with van der Waals surface area (Å²) in [4.78, 5) is 45.2. The molecule has 0 aliphatic rings. The van der Waals surface area contributed by atoms with E-state index in [1.54, 1.807) is 0 Å². The number of ether oxygens (including phenoxy) is 1. The number of aromatic nitrogens is 2. The predicted octanol–water partition coefficient (Wildman–Crippen LogP) is 0.556. The van der Waals surface area contributed by atoms with Crippen LogP contribution in [0.5, 0.6) is 5.88 Å². The number of anilines is 1. The lowest BCUT2D eigenvalue weighted by Crippen LogP contribution is -2.37. The first kappa shape index (κ1) is 27.9. The van der Waals surface area contributed by atoms with Gasteiger partial charge in [0.2, 0.25) is 17.7 Å². The maximum absolute atomic E-state index is 13.0. The van der Waals surface area contributed by atoms with Gasteiger partial charge in [-0.15, -0.1) is 0 Å². The summed E-state index contributed by atoms with van der Waals surface area (Å²) in [5.41, 5.74) is 10.1. The number of nitrogens with one attached hydrogen (secondary N) is 2. The van der Waals surface area contributed by atoms with Gasteiger partial charge in [-0.3, -0.25) is 14.2 Å².